The molecule has 0 unspecified atom stereocenters. The number of benzene rings is 2. The molecule has 0 amide bonds. The molecule has 5 aromatic rings. The lowest BCUT2D eigenvalue weighted by Crippen LogP contribution is -2.37. The number of hydrogen-bond donors (Lipinski definition) is 1. The Labute approximate surface area is 222 Å². The number of thiazole rings is 1. The number of nitrogens with zero attached hydrogens (tertiary/aromatic N) is 4. The summed E-state index contributed by atoms with van der Waals surface area (Å²) in [6.45, 7) is 1.79. The van der Waals surface area contributed by atoms with Crippen molar-refractivity contribution in [2.45, 2.75) is 25.3 Å². The Morgan fingerprint density at radius 1 is 1.06 bits per heavy atom. The van der Waals surface area contributed by atoms with Gasteiger partial charge in [-0.25, -0.2) is 0 Å². The van der Waals surface area contributed by atoms with Crippen molar-refractivity contribution >= 4 is 39.5 Å². The maximum Gasteiger partial charge on any atom is 0.230 e. The van der Waals surface area contributed by atoms with Gasteiger partial charge in [0.05, 0.1) is 17.2 Å². The van der Waals surface area contributed by atoms with Crippen molar-refractivity contribution in [1.82, 2.24) is 19.5 Å². The van der Waals surface area contributed by atoms with Crippen LogP contribution in [0.2, 0.25) is 10.0 Å². The smallest absolute Gasteiger partial charge is 0.230 e. The molecule has 1 aliphatic heterocycles. The second-order valence-electron chi connectivity index (χ2n) is 9.13. The predicted molar refractivity (Wildman–Crippen MR) is 143 cm³/mol. The van der Waals surface area contributed by atoms with Gasteiger partial charge in [-0.2, -0.15) is 9.50 Å². The predicted octanol–water partition coefficient (Wildman–Crippen LogP) is 7.11. The van der Waals surface area contributed by atoms with E-state index < -0.39 is 0 Å². The van der Waals surface area contributed by atoms with Crippen molar-refractivity contribution in [3.05, 3.63) is 93.0 Å². The van der Waals surface area contributed by atoms with Gasteiger partial charge in [0.15, 0.2) is 5.76 Å². The first kappa shape index (κ1) is 23.6. The third-order valence-corrected chi connectivity index (χ3v) is 8.46. The fourth-order valence-corrected chi connectivity index (χ4v) is 6.65. The maximum atomic E-state index is 11.3. The fraction of sp³-hybridized carbons (Fsp3) is 0.259. The Kier molecular flexibility index (Phi) is 6.48. The average Bonchev–Trinajstić information content (AvgIpc) is 3.61. The number of fused-ring (bicyclic) bond motifs is 1. The van der Waals surface area contributed by atoms with Gasteiger partial charge in [-0.3, -0.25) is 4.90 Å². The fourth-order valence-electron chi connectivity index (χ4n) is 5.03. The van der Waals surface area contributed by atoms with Gasteiger partial charge >= 0.3 is 0 Å². The van der Waals surface area contributed by atoms with E-state index in [1.165, 1.54) is 21.4 Å². The van der Waals surface area contributed by atoms with Crippen molar-refractivity contribution in [3.63, 3.8) is 0 Å². The summed E-state index contributed by atoms with van der Waals surface area (Å²) in [5.41, 5.74) is 2.29. The van der Waals surface area contributed by atoms with E-state index in [0.717, 1.165) is 42.8 Å². The van der Waals surface area contributed by atoms with Gasteiger partial charge < -0.3 is 9.52 Å². The summed E-state index contributed by atoms with van der Waals surface area (Å²) in [5, 5.41) is 17.0. The van der Waals surface area contributed by atoms with Crippen molar-refractivity contribution < 1.29 is 9.52 Å². The number of hydrogen-bond acceptors (Lipinski definition) is 6. The standard InChI is InChI=1S/C27H24Cl2N4O2S/c28-19-8-9-20(21(29)16-19)23(32-12-10-18(11-13-32)15-17-5-2-1-3-6-17)24-26(34)33-27(36-24)30-25(31-33)22-7-4-14-35-22/h1-9,14,16,18,23,34H,10-13,15H2/t23-/m0/s1. The van der Waals surface area contributed by atoms with Crippen molar-refractivity contribution in [3.8, 4) is 17.5 Å². The van der Waals surface area contributed by atoms with Crippen LogP contribution in [0.4, 0.5) is 0 Å². The van der Waals surface area contributed by atoms with Gasteiger partial charge in [-0.15, -0.1) is 5.10 Å². The van der Waals surface area contributed by atoms with Gasteiger partial charge in [0.25, 0.3) is 0 Å². The quantitative estimate of drug-likeness (QED) is 0.249. The summed E-state index contributed by atoms with van der Waals surface area (Å²) >= 11 is 14.3. The summed E-state index contributed by atoms with van der Waals surface area (Å²) in [6.07, 6.45) is 4.80. The van der Waals surface area contributed by atoms with Gasteiger partial charge in [0.2, 0.25) is 16.7 Å². The molecule has 3 aromatic heterocycles. The molecular weight excluding hydrogens is 515 g/mol. The molecule has 1 N–H and O–H groups in total. The number of halogens is 2. The zero-order valence-electron chi connectivity index (χ0n) is 19.3. The van der Waals surface area contributed by atoms with Crippen molar-refractivity contribution in [1.29, 1.82) is 0 Å². The molecule has 1 aliphatic rings. The highest BCUT2D eigenvalue weighted by atomic mass is 35.5. The monoisotopic (exact) mass is 538 g/mol. The van der Waals surface area contributed by atoms with Gasteiger partial charge in [-0.1, -0.05) is 70.9 Å². The third-order valence-electron chi connectivity index (χ3n) is 6.83. The van der Waals surface area contributed by atoms with E-state index in [2.05, 4.69) is 45.3 Å². The number of likely N-dealkylation sites (tertiary alicyclic amines) is 1. The SMILES string of the molecule is Oc1c([C@H](c2ccc(Cl)cc2Cl)N2CCC(Cc3ccccc3)CC2)sc2nc(-c3ccco3)nn12. The Bertz CT molecular complexity index is 1470. The van der Waals surface area contributed by atoms with Gasteiger partial charge in [-0.05, 0) is 73.7 Å². The van der Waals surface area contributed by atoms with Crippen LogP contribution in [0.25, 0.3) is 16.5 Å². The van der Waals surface area contributed by atoms with Crippen LogP contribution in [0.5, 0.6) is 5.88 Å². The summed E-state index contributed by atoms with van der Waals surface area (Å²) < 4.78 is 6.91. The van der Waals surface area contributed by atoms with Crippen molar-refractivity contribution in [2.75, 3.05) is 13.1 Å². The number of aromatic hydroxyl groups is 1. The molecule has 9 heteroatoms. The topological polar surface area (TPSA) is 66.8 Å². The van der Waals surface area contributed by atoms with Crippen LogP contribution in [0.1, 0.15) is 34.9 Å². The number of aromatic nitrogens is 3. The van der Waals surface area contributed by atoms with E-state index in [0.29, 0.717) is 32.5 Å². The molecule has 0 saturated carbocycles. The Balaban J connectivity index is 1.32. The van der Waals surface area contributed by atoms with Crippen LogP contribution >= 0.6 is 34.5 Å². The molecule has 1 fully saturated rings. The molecule has 1 saturated heterocycles. The zero-order chi connectivity index (χ0) is 24.6. The van der Waals surface area contributed by atoms with Crippen LogP contribution in [-0.2, 0) is 6.42 Å². The average molecular weight is 539 g/mol. The Hall–Kier alpha value is -2.84. The molecule has 0 spiro atoms. The van der Waals surface area contributed by atoms with E-state index in [9.17, 15) is 5.11 Å². The minimum Gasteiger partial charge on any atom is -0.492 e. The molecule has 0 aliphatic carbocycles. The first-order chi connectivity index (χ1) is 17.6. The first-order valence-electron chi connectivity index (χ1n) is 11.9. The highest BCUT2D eigenvalue weighted by Gasteiger charge is 2.33. The Morgan fingerprint density at radius 3 is 2.56 bits per heavy atom. The van der Waals surface area contributed by atoms with Gasteiger partial charge in [0, 0.05) is 10.0 Å². The molecule has 2 aromatic carbocycles. The lowest BCUT2D eigenvalue weighted by atomic mass is 9.89. The molecule has 6 nitrogen and oxygen atoms in total. The largest absolute Gasteiger partial charge is 0.492 e. The molecule has 6 rings (SSSR count). The summed E-state index contributed by atoms with van der Waals surface area (Å²) in [6, 6.07) is 19.6. The van der Waals surface area contributed by atoms with Crippen LogP contribution in [0.3, 0.4) is 0 Å². The van der Waals surface area contributed by atoms with E-state index in [4.69, 9.17) is 27.6 Å². The molecule has 1 atom stereocenters. The first-order valence-corrected chi connectivity index (χ1v) is 13.5. The second-order valence-corrected chi connectivity index (χ2v) is 11.0. The van der Waals surface area contributed by atoms with E-state index in [1.54, 1.807) is 24.5 Å². The van der Waals surface area contributed by atoms with E-state index in [1.807, 2.05) is 12.1 Å². The molecular formula is C27H24Cl2N4O2S. The highest BCUT2D eigenvalue weighted by molar-refractivity contribution is 7.17. The van der Waals surface area contributed by atoms with E-state index in [-0.39, 0.29) is 11.9 Å². The summed E-state index contributed by atoms with van der Waals surface area (Å²) in [7, 11) is 0. The van der Waals surface area contributed by atoms with Crippen LogP contribution < -0.4 is 0 Å². The summed E-state index contributed by atoms with van der Waals surface area (Å²) in [5.74, 6) is 1.69. The number of piperidine rings is 1. The van der Waals surface area contributed by atoms with Gasteiger partial charge in [0.1, 0.15) is 0 Å². The minimum absolute atomic E-state index is 0.0720. The Morgan fingerprint density at radius 2 is 1.86 bits per heavy atom. The lowest BCUT2D eigenvalue weighted by molar-refractivity contribution is 0.151. The summed E-state index contributed by atoms with van der Waals surface area (Å²) in [4.78, 5) is 8.36. The molecule has 36 heavy (non-hydrogen) atoms. The lowest BCUT2D eigenvalue weighted by Gasteiger charge is -2.37. The van der Waals surface area contributed by atoms with Crippen LogP contribution in [-0.4, -0.2) is 37.7 Å². The number of furan rings is 1. The molecule has 4 heterocycles. The highest BCUT2D eigenvalue weighted by Crippen LogP contribution is 2.44. The molecule has 0 radical (unpaired) electrons. The van der Waals surface area contributed by atoms with Crippen LogP contribution in [0, 0.1) is 5.92 Å². The third kappa shape index (κ3) is 4.52. The normalized spacial score (nSPS) is 16.1. The zero-order valence-corrected chi connectivity index (χ0v) is 21.7. The maximum absolute atomic E-state index is 11.3. The minimum atomic E-state index is -0.229. The van der Waals surface area contributed by atoms with Crippen molar-refractivity contribution in [2.24, 2.45) is 5.92 Å². The second kappa shape index (κ2) is 9.90. The van der Waals surface area contributed by atoms with Crippen LogP contribution in [0.15, 0.2) is 71.3 Å². The molecule has 184 valence electrons. The van der Waals surface area contributed by atoms with E-state index >= 15 is 0 Å². The number of rotatable bonds is 6. The molecule has 0 bridgehead atoms.